The molecule has 4 aromatic rings. The van der Waals surface area contributed by atoms with E-state index in [1.54, 1.807) is 11.1 Å². The quantitative estimate of drug-likeness (QED) is 0.492. The van der Waals surface area contributed by atoms with Crippen LogP contribution in [0.4, 0.5) is 5.69 Å². The number of anilines is 1. The van der Waals surface area contributed by atoms with E-state index >= 15 is 0 Å². The molecule has 4 nitrogen and oxygen atoms in total. The highest BCUT2D eigenvalue weighted by Gasteiger charge is 2.52. The van der Waals surface area contributed by atoms with Crippen molar-refractivity contribution in [3.8, 4) is 0 Å². The normalized spacial score (nSPS) is 18.6. The smallest absolute Gasteiger partial charge is 0.268 e. The van der Waals surface area contributed by atoms with Crippen molar-refractivity contribution in [3.63, 3.8) is 0 Å². The van der Waals surface area contributed by atoms with Gasteiger partial charge in [-0.3, -0.25) is 4.79 Å². The van der Waals surface area contributed by atoms with Gasteiger partial charge in [0.25, 0.3) is 5.91 Å². The van der Waals surface area contributed by atoms with Crippen LogP contribution < -0.4 is 4.90 Å². The molecule has 1 amide bonds. The average molecular weight is 433 g/mol. The molecular weight excluding hydrogens is 416 g/mol. The lowest BCUT2D eigenvalue weighted by Crippen LogP contribution is -2.40. The number of amides is 1. The lowest BCUT2D eigenvalue weighted by molar-refractivity contribution is -0.132. The van der Waals surface area contributed by atoms with Crippen molar-refractivity contribution in [3.05, 3.63) is 100 Å². The molecule has 0 unspecified atom stereocenters. The van der Waals surface area contributed by atoms with Gasteiger partial charge in [0.2, 0.25) is 0 Å². The number of nitrogens with zero attached hydrogens (tertiary/aromatic N) is 1. The number of carbonyl (C=O) groups is 1. The molecule has 0 fully saturated rings. The number of hydrogen-bond donors (Lipinski definition) is 2. The van der Waals surface area contributed by atoms with Gasteiger partial charge in [0.1, 0.15) is 0 Å². The largest absolute Gasteiger partial charge is 0.372 e. The maximum Gasteiger partial charge on any atom is 0.268 e. The molecule has 1 atom stereocenters. The number of H-pyrrole nitrogens is 1. The minimum Gasteiger partial charge on any atom is -0.372 e. The molecule has 0 radical (unpaired) electrons. The zero-order valence-electron chi connectivity index (χ0n) is 14.9. The molecule has 2 N–H and O–H groups in total. The van der Waals surface area contributed by atoms with Crippen LogP contribution >= 0.6 is 15.9 Å². The Morgan fingerprint density at radius 3 is 2.50 bits per heavy atom. The van der Waals surface area contributed by atoms with Gasteiger partial charge in [0.05, 0.1) is 12.2 Å². The van der Waals surface area contributed by atoms with Gasteiger partial charge in [-0.05, 0) is 23.8 Å². The number of aromatic amines is 1. The topological polar surface area (TPSA) is 56.3 Å². The van der Waals surface area contributed by atoms with Crippen molar-refractivity contribution in [2.24, 2.45) is 0 Å². The molecule has 0 aliphatic carbocycles. The standard InChI is InChI=1S/C23H17BrN2O2/c24-19-10-4-1-7-15(19)14-26-21-12-6-3-9-17(21)23(28,22(26)27)18-13-25-20-11-5-2-8-16(18)20/h1-13,25,28H,14H2/t23-/m0/s1. The first-order valence-electron chi connectivity index (χ1n) is 9.04. The number of halogens is 1. The highest BCUT2D eigenvalue weighted by Crippen LogP contribution is 2.46. The van der Waals surface area contributed by atoms with Crippen LogP contribution in [0.1, 0.15) is 16.7 Å². The van der Waals surface area contributed by atoms with E-state index in [1.807, 2.05) is 72.8 Å². The first kappa shape index (κ1) is 17.2. The number of aliphatic hydroxyl groups is 1. The number of carbonyl (C=O) groups excluding carboxylic acids is 1. The van der Waals surface area contributed by atoms with Crippen molar-refractivity contribution in [2.75, 3.05) is 4.90 Å². The number of benzene rings is 3. The van der Waals surface area contributed by atoms with Crippen LogP contribution in [0.3, 0.4) is 0 Å². The van der Waals surface area contributed by atoms with Crippen LogP contribution in [0.5, 0.6) is 0 Å². The summed E-state index contributed by atoms with van der Waals surface area (Å²) in [6.45, 7) is 0.377. The summed E-state index contributed by atoms with van der Waals surface area (Å²) in [5, 5.41) is 12.6. The fraction of sp³-hybridized carbons (Fsp3) is 0.0870. The van der Waals surface area contributed by atoms with Gasteiger partial charge in [0, 0.05) is 32.7 Å². The van der Waals surface area contributed by atoms with Gasteiger partial charge in [0.15, 0.2) is 5.60 Å². The van der Waals surface area contributed by atoms with E-state index in [9.17, 15) is 9.90 Å². The average Bonchev–Trinajstić information content (AvgIpc) is 3.24. The van der Waals surface area contributed by atoms with Gasteiger partial charge in [-0.2, -0.15) is 0 Å². The number of para-hydroxylation sites is 2. The molecule has 1 aromatic heterocycles. The molecule has 138 valence electrons. The molecule has 3 aromatic carbocycles. The van der Waals surface area contributed by atoms with Crippen LogP contribution in [0.2, 0.25) is 0 Å². The molecule has 5 heteroatoms. The zero-order chi connectivity index (χ0) is 19.3. The highest BCUT2D eigenvalue weighted by atomic mass is 79.9. The summed E-state index contributed by atoms with van der Waals surface area (Å²) in [5.41, 5.74) is 2.06. The molecule has 0 saturated carbocycles. The second-order valence-corrected chi connectivity index (χ2v) is 7.81. The summed E-state index contributed by atoms with van der Waals surface area (Å²) in [7, 11) is 0. The first-order chi connectivity index (χ1) is 13.6. The highest BCUT2D eigenvalue weighted by molar-refractivity contribution is 9.10. The minimum atomic E-state index is -1.72. The number of nitrogens with one attached hydrogen (secondary N) is 1. The summed E-state index contributed by atoms with van der Waals surface area (Å²) in [6, 6.07) is 23.0. The van der Waals surface area contributed by atoms with E-state index in [4.69, 9.17) is 0 Å². The number of hydrogen-bond acceptors (Lipinski definition) is 2. The van der Waals surface area contributed by atoms with Crippen molar-refractivity contribution >= 4 is 38.4 Å². The van der Waals surface area contributed by atoms with Crippen LogP contribution in [-0.4, -0.2) is 16.0 Å². The molecule has 1 aliphatic rings. The number of rotatable bonds is 3. The Bertz CT molecular complexity index is 1220. The van der Waals surface area contributed by atoms with Crippen LogP contribution in [0.15, 0.2) is 83.5 Å². The molecule has 1 aliphatic heterocycles. The molecule has 28 heavy (non-hydrogen) atoms. The lowest BCUT2D eigenvalue weighted by Gasteiger charge is -2.23. The fourth-order valence-electron chi connectivity index (χ4n) is 4.02. The summed E-state index contributed by atoms with van der Waals surface area (Å²) < 4.78 is 0.933. The van der Waals surface area contributed by atoms with Gasteiger partial charge < -0.3 is 15.0 Å². The monoisotopic (exact) mass is 432 g/mol. The van der Waals surface area contributed by atoms with Gasteiger partial charge in [-0.25, -0.2) is 0 Å². The van der Waals surface area contributed by atoms with Crippen LogP contribution in [0.25, 0.3) is 10.9 Å². The maximum absolute atomic E-state index is 13.6. The second kappa shape index (κ2) is 6.33. The van der Waals surface area contributed by atoms with Crippen LogP contribution in [0, 0.1) is 0 Å². The van der Waals surface area contributed by atoms with E-state index in [0.29, 0.717) is 17.7 Å². The van der Waals surface area contributed by atoms with Gasteiger partial charge >= 0.3 is 0 Å². The molecule has 2 heterocycles. The lowest BCUT2D eigenvalue weighted by atomic mass is 9.87. The maximum atomic E-state index is 13.6. The fourth-order valence-corrected chi connectivity index (χ4v) is 4.43. The third-order valence-corrected chi connectivity index (χ3v) is 6.18. The molecule has 5 rings (SSSR count). The summed E-state index contributed by atoms with van der Waals surface area (Å²) in [6.07, 6.45) is 1.74. The van der Waals surface area contributed by atoms with E-state index in [0.717, 1.165) is 26.6 Å². The third kappa shape index (κ3) is 2.37. The van der Waals surface area contributed by atoms with Gasteiger partial charge in [-0.1, -0.05) is 70.5 Å². The van der Waals surface area contributed by atoms with E-state index < -0.39 is 5.60 Å². The Balaban J connectivity index is 1.68. The zero-order valence-corrected chi connectivity index (χ0v) is 16.5. The molecule has 0 bridgehead atoms. The number of aromatic nitrogens is 1. The van der Waals surface area contributed by atoms with Crippen molar-refractivity contribution in [1.82, 2.24) is 4.98 Å². The Labute approximate surface area is 170 Å². The minimum absolute atomic E-state index is 0.339. The van der Waals surface area contributed by atoms with Crippen molar-refractivity contribution in [2.45, 2.75) is 12.1 Å². The van der Waals surface area contributed by atoms with E-state index in [2.05, 4.69) is 20.9 Å². The predicted octanol–water partition coefficient (Wildman–Crippen LogP) is 4.71. The predicted molar refractivity (Wildman–Crippen MR) is 113 cm³/mol. The SMILES string of the molecule is O=C1N(Cc2ccccc2Br)c2ccccc2[C@]1(O)c1c[nH]c2ccccc12. The second-order valence-electron chi connectivity index (χ2n) is 6.96. The Kier molecular flexibility index (Phi) is 3.89. The van der Waals surface area contributed by atoms with Gasteiger partial charge in [-0.15, -0.1) is 0 Å². The Morgan fingerprint density at radius 1 is 0.929 bits per heavy atom. The molecule has 0 saturated heterocycles. The molecule has 0 spiro atoms. The van der Waals surface area contributed by atoms with E-state index in [1.165, 1.54) is 0 Å². The number of fused-ring (bicyclic) bond motifs is 2. The Morgan fingerprint density at radius 2 is 1.64 bits per heavy atom. The Hall–Kier alpha value is -2.89. The summed E-state index contributed by atoms with van der Waals surface area (Å²) in [4.78, 5) is 18.4. The molecular formula is C23H17BrN2O2. The van der Waals surface area contributed by atoms with Crippen molar-refractivity contribution < 1.29 is 9.90 Å². The summed E-state index contributed by atoms with van der Waals surface area (Å²) in [5.74, 6) is -0.339. The van der Waals surface area contributed by atoms with E-state index in [-0.39, 0.29) is 5.91 Å². The van der Waals surface area contributed by atoms with Crippen LogP contribution in [-0.2, 0) is 16.9 Å². The van der Waals surface area contributed by atoms with Crippen molar-refractivity contribution in [1.29, 1.82) is 0 Å². The third-order valence-electron chi connectivity index (χ3n) is 5.40. The summed E-state index contributed by atoms with van der Waals surface area (Å²) >= 11 is 3.56. The first-order valence-corrected chi connectivity index (χ1v) is 9.84.